The summed E-state index contributed by atoms with van der Waals surface area (Å²) in [6.45, 7) is 4.20. The topological polar surface area (TPSA) is 92.1 Å². The Labute approximate surface area is 129 Å². The molecule has 22 heavy (non-hydrogen) atoms. The first-order chi connectivity index (χ1) is 10.5. The fourth-order valence-corrected chi connectivity index (χ4v) is 2.01. The number of urea groups is 1. The van der Waals surface area contributed by atoms with Gasteiger partial charge in [0.25, 0.3) is 0 Å². The summed E-state index contributed by atoms with van der Waals surface area (Å²) in [6.07, 6.45) is 3.82. The second-order valence-corrected chi connectivity index (χ2v) is 5.63. The second-order valence-electron chi connectivity index (χ2n) is 5.63. The highest BCUT2D eigenvalue weighted by Crippen LogP contribution is 2.11. The molecule has 7 nitrogen and oxygen atoms in total. The van der Waals surface area contributed by atoms with Crippen LogP contribution in [0.15, 0.2) is 36.7 Å². The van der Waals surface area contributed by atoms with Crippen LogP contribution < -0.4 is 10.6 Å². The number of anilines is 1. The van der Waals surface area contributed by atoms with Crippen LogP contribution in [0.1, 0.15) is 26.0 Å². The second kappa shape index (κ2) is 7.04. The molecule has 2 rings (SSSR count). The lowest BCUT2D eigenvalue weighted by Crippen LogP contribution is -2.46. The maximum atomic E-state index is 12.0. The van der Waals surface area contributed by atoms with Gasteiger partial charge in [-0.25, -0.2) is 9.48 Å². The van der Waals surface area contributed by atoms with E-state index in [4.69, 9.17) is 5.11 Å². The zero-order valence-corrected chi connectivity index (χ0v) is 12.8. The maximum absolute atomic E-state index is 12.0. The predicted molar refractivity (Wildman–Crippen MR) is 83.5 cm³/mol. The summed E-state index contributed by atoms with van der Waals surface area (Å²) < 4.78 is 1.67. The summed E-state index contributed by atoms with van der Waals surface area (Å²) in [5, 5.41) is 18.8. The number of aliphatic hydroxyl groups is 1. The molecular formula is C15H21N5O2. The van der Waals surface area contributed by atoms with Crippen LogP contribution in [0.2, 0.25) is 0 Å². The Morgan fingerprint density at radius 3 is 2.82 bits per heavy atom. The maximum Gasteiger partial charge on any atom is 0.320 e. The lowest BCUT2D eigenvalue weighted by Gasteiger charge is -2.25. The van der Waals surface area contributed by atoms with E-state index in [9.17, 15) is 4.79 Å². The van der Waals surface area contributed by atoms with Crippen LogP contribution in [-0.4, -0.2) is 38.0 Å². The Kier molecular flexibility index (Phi) is 5.11. The smallest absolute Gasteiger partial charge is 0.320 e. The van der Waals surface area contributed by atoms with Gasteiger partial charge in [0.05, 0.1) is 18.4 Å². The van der Waals surface area contributed by atoms with Crippen LogP contribution >= 0.6 is 0 Å². The highest BCUT2D eigenvalue weighted by molar-refractivity contribution is 5.88. The molecule has 0 fully saturated rings. The first-order valence-electron chi connectivity index (χ1n) is 7.12. The Morgan fingerprint density at radius 2 is 2.14 bits per heavy atom. The van der Waals surface area contributed by atoms with Gasteiger partial charge in [-0.05, 0) is 32.4 Å². The van der Waals surface area contributed by atoms with Gasteiger partial charge in [-0.1, -0.05) is 6.07 Å². The summed E-state index contributed by atoms with van der Waals surface area (Å²) in [5.74, 6) is 0.586. The average molecular weight is 303 g/mol. The fourth-order valence-electron chi connectivity index (χ4n) is 2.01. The van der Waals surface area contributed by atoms with Crippen molar-refractivity contribution in [2.45, 2.75) is 32.4 Å². The molecule has 0 radical (unpaired) electrons. The first kappa shape index (κ1) is 16.0. The highest BCUT2D eigenvalue weighted by Gasteiger charge is 2.20. The van der Waals surface area contributed by atoms with Crippen LogP contribution in [0.25, 0.3) is 0 Å². The number of carbonyl (C=O) groups excluding carboxylic acids is 1. The number of carbonyl (C=O) groups is 1. The van der Waals surface area contributed by atoms with Crippen LogP contribution in [0.4, 0.5) is 10.6 Å². The summed E-state index contributed by atoms with van der Waals surface area (Å²) in [6, 6.07) is 7.05. The first-order valence-corrected chi connectivity index (χ1v) is 7.12. The zero-order valence-electron chi connectivity index (χ0n) is 12.8. The van der Waals surface area contributed by atoms with Gasteiger partial charge in [-0.3, -0.25) is 10.3 Å². The normalized spacial score (nSPS) is 11.2. The van der Waals surface area contributed by atoms with E-state index in [1.165, 1.54) is 0 Å². The molecule has 2 heterocycles. The molecule has 0 aliphatic rings. The van der Waals surface area contributed by atoms with Gasteiger partial charge >= 0.3 is 6.03 Å². The molecule has 2 aromatic heterocycles. The molecular weight excluding hydrogens is 282 g/mol. The van der Waals surface area contributed by atoms with Crippen LogP contribution in [0, 0.1) is 0 Å². The molecule has 7 heteroatoms. The summed E-state index contributed by atoms with van der Waals surface area (Å²) in [7, 11) is 0. The molecule has 118 valence electrons. The van der Waals surface area contributed by atoms with Crippen molar-refractivity contribution in [3.05, 3.63) is 42.4 Å². The molecule has 0 spiro atoms. The molecule has 2 aromatic rings. The molecule has 0 saturated carbocycles. The molecule has 0 saturated heterocycles. The molecule has 2 amide bonds. The van der Waals surface area contributed by atoms with Crippen molar-refractivity contribution in [3.8, 4) is 0 Å². The minimum Gasteiger partial charge on any atom is -0.396 e. The van der Waals surface area contributed by atoms with E-state index in [0.29, 0.717) is 18.8 Å². The van der Waals surface area contributed by atoms with Gasteiger partial charge in [0.15, 0.2) is 0 Å². The van der Waals surface area contributed by atoms with Crippen LogP contribution in [-0.2, 0) is 6.54 Å². The van der Waals surface area contributed by atoms with Crippen molar-refractivity contribution in [1.29, 1.82) is 0 Å². The van der Waals surface area contributed by atoms with E-state index in [1.807, 2.05) is 32.0 Å². The molecule has 0 aliphatic carbocycles. The van der Waals surface area contributed by atoms with Crippen LogP contribution in [0.5, 0.6) is 0 Å². The number of amides is 2. The molecule has 0 unspecified atom stereocenters. The van der Waals surface area contributed by atoms with Crippen molar-refractivity contribution in [2.24, 2.45) is 0 Å². The summed E-state index contributed by atoms with van der Waals surface area (Å²) >= 11 is 0. The minimum atomic E-state index is -0.481. The number of pyridine rings is 1. The lowest BCUT2D eigenvalue weighted by atomic mass is 10.0. The van der Waals surface area contributed by atoms with Gasteiger partial charge in [0.2, 0.25) is 0 Å². The van der Waals surface area contributed by atoms with Gasteiger partial charge in [0.1, 0.15) is 5.82 Å². The Balaban J connectivity index is 1.99. The van der Waals surface area contributed by atoms with E-state index in [-0.39, 0.29) is 12.6 Å². The SMILES string of the molecule is CC(C)(CCO)NC(=O)Nc1ccnn1Cc1ccccn1. The molecule has 3 N–H and O–H groups in total. The molecule has 0 aromatic carbocycles. The number of aliphatic hydroxyl groups excluding tert-OH is 1. The zero-order chi connectivity index (χ0) is 16.0. The van der Waals surface area contributed by atoms with E-state index in [1.54, 1.807) is 23.1 Å². The van der Waals surface area contributed by atoms with E-state index in [0.717, 1.165) is 5.69 Å². The number of hydrogen-bond acceptors (Lipinski definition) is 4. The van der Waals surface area contributed by atoms with Crippen molar-refractivity contribution in [1.82, 2.24) is 20.1 Å². The van der Waals surface area contributed by atoms with Gasteiger partial charge in [-0.15, -0.1) is 0 Å². The molecule has 0 aliphatic heterocycles. The summed E-state index contributed by atoms with van der Waals surface area (Å²) in [4.78, 5) is 16.3. The number of nitrogens with one attached hydrogen (secondary N) is 2. The lowest BCUT2D eigenvalue weighted by molar-refractivity contribution is 0.218. The van der Waals surface area contributed by atoms with Crippen molar-refractivity contribution < 1.29 is 9.90 Å². The van der Waals surface area contributed by atoms with E-state index < -0.39 is 5.54 Å². The third-order valence-electron chi connectivity index (χ3n) is 3.18. The monoisotopic (exact) mass is 303 g/mol. The third kappa shape index (κ3) is 4.56. The Bertz CT molecular complexity index is 609. The Hall–Kier alpha value is -2.41. The molecule has 0 atom stereocenters. The average Bonchev–Trinajstić information content (AvgIpc) is 2.86. The van der Waals surface area contributed by atoms with Gasteiger partial charge in [0, 0.05) is 24.4 Å². The third-order valence-corrected chi connectivity index (χ3v) is 3.18. The van der Waals surface area contributed by atoms with Crippen LogP contribution in [0.3, 0.4) is 0 Å². The summed E-state index contributed by atoms with van der Waals surface area (Å²) in [5.41, 5.74) is 0.375. The standard InChI is InChI=1S/C15H21N5O2/c1-15(2,7-10-21)19-14(22)18-13-6-9-17-20(13)11-12-5-3-4-8-16-12/h3-6,8-9,21H,7,10-11H2,1-2H3,(H2,18,19,22). The number of hydrogen-bond donors (Lipinski definition) is 3. The predicted octanol–water partition coefficient (Wildman–Crippen LogP) is 1.61. The van der Waals surface area contributed by atoms with Crippen molar-refractivity contribution >= 4 is 11.8 Å². The van der Waals surface area contributed by atoms with E-state index in [2.05, 4.69) is 20.7 Å². The number of rotatable bonds is 6. The van der Waals surface area contributed by atoms with Gasteiger partial charge in [-0.2, -0.15) is 5.10 Å². The van der Waals surface area contributed by atoms with Crippen molar-refractivity contribution in [3.63, 3.8) is 0 Å². The number of nitrogens with zero attached hydrogens (tertiary/aromatic N) is 3. The van der Waals surface area contributed by atoms with E-state index >= 15 is 0 Å². The molecule has 0 bridgehead atoms. The largest absolute Gasteiger partial charge is 0.396 e. The minimum absolute atomic E-state index is 0.0187. The fraction of sp³-hybridized carbons (Fsp3) is 0.400. The Morgan fingerprint density at radius 1 is 1.32 bits per heavy atom. The quantitative estimate of drug-likeness (QED) is 0.756. The van der Waals surface area contributed by atoms with Crippen molar-refractivity contribution in [2.75, 3.05) is 11.9 Å². The number of aromatic nitrogens is 3. The highest BCUT2D eigenvalue weighted by atomic mass is 16.3. The van der Waals surface area contributed by atoms with Gasteiger partial charge < -0.3 is 10.4 Å².